The molecule has 0 heterocycles. The maximum atomic E-state index is 13.1. The van der Waals surface area contributed by atoms with Crippen molar-refractivity contribution in [2.24, 2.45) is 5.92 Å². The van der Waals surface area contributed by atoms with E-state index in [0.29, 0.717) is 25.7 Å². The third kappa shape index (κ3) is 76.3. The van der Waals surface area contributed by atoms with Crippen LogP contribution in [0.15, 0.2) is 0 Å². The first-order valence-electron chi connectivity index (χ1n) is 43.1. The summed E-state index contributed by atoms with van der Waals surface area (Å²) in [6.45, 7) is 7.35. The topological polar surface area (TPSA) is 237 Å². The van der Waals surface area contributed by atoms with Gasteiger partial charge in [-0.3, -0.25) is 37.3 Å². The minimum atomic E-state index is -4.96. The van der Waals surface area contributed by atoms with E-state index < -0.39 is 97.5 Å². The monoisotopic (exact) mass is 1490 g/mol. The van der Waals surface area contributed by atoms with Crippen molar-refractivity contribution in [3.05, 3.63) is 0 Å². The third-order valence-electron chi connectivity index (χ3n) is 19.5. The Kier molecular flexibility index (Phi) is 74.4. The van der Waals surface area contributed by atoms with E-state index in [2.05, 4.69) is 34.6 Å². The summed E-state index contributed by atoms with van der Waals surface area (Å²) in [6, 6.07) is 0. The summed E-state index contributed by atoms with van der Waals surface area (Å²) in [5.74, 6) is -1.31. The Morgan fingerprint density at radius 1 is 0.265 bits per heavy atom. The van der Waals surface area contributed by atoms with Crippen molar-refractivity contribution >= 4 is 39.5 Å². The first-order chi connectivity index (χ1) is 49.5. The maximum absolute atomic E-state index is 13.1. The number of hydrogen-bond acceptors (Lipinski definition) is 15. The average Bonchev–Trinajstić information content (AvgIpc) is 0.911. The Balaban J connectivity index is 5.21. The van der Waals surface area contributed by atoms with Crippen molar-refractivity contribution in [3.8, 4) is 0 Å². The van der Waals surface area contributed by atoms with Gasteiger partial charge in [0.15, 0.2) is 12.2 Å². The van der Waals surface area contributed by atoms with Gasteiger partial charge in [0.05, 0.1) is 26.4 Å². The number of aliphatic hydroxyl groups is 1. The number of esters is 4. The van der Waals surface area contributed by atoms with Crippen LogP contribution in [0.4, 0.5) is 0 Å². The third-order valence-corrected chi connectivity index (χ3v) is 21.4. The summed E-state index contributed by atoms with van der Waals surface area (Å²) >= 11 is 0. The van der Waals surface area contributed by atoms with Crippen LogP contribution in [0.1, 0.15) is 446 Å². The normalized spacial score (nSPS) is 13.8. The van der Waals surface area contributed by atoms with Gasteiger partial charge in [0, 0.05) is 25.7 Å². The Morgan fingerprint density at radius 2 is 0.451 bits per heavy atom. The van der Waals surface area contributed by atoms with E-state index in [0.717, 1.165) is 95.8 Å². The molecule has 102 heavy (non-hydrogen) atoms. The van der Waals surface area contributed by atoms with Crippen LogP contribution in [0.25, 0.3) is 0 Å². The minimum absolute atomic E-state index is 0.109. The Hall–Kier alpha value is -1.94. The highest BCUT2D eigenvalue weighted by Crippen LogP contribution is 2.45. The first kappa shape index (κ1) is 100. The van der Waals surface area contributed by atoms with Crippen molar-refractivity contribution < 1.29 is 80.2 Å². The molecule has 0 aliphatic carbocycles. The first-order valence-corrected chi connectivity index (χ1v) is 46.1. The fourth-order valence-corrected chi connectivity index (χ4v) is 14.5. The summed E-state index contributed by atoms with van der Waals surface area (Å²) in [5, 5.41) is 10.6. The van der Waals surface area contributed by atoms with Crippen LogP contribution >= 0.6 is 15.6 Å². The molecule has 17 nitrogen and oxygen atoms in total. The van der Waals surface area contributed by atoms with Gasteiger partial charge in [-0.05, 0) is 31.6 Å². The van der Waals surface area contributed by atoms with Crippen LogP contribution in [-0.2, 0) is 65.4 Å². The lowest BCUT2D eigenvalue weighted by Gasteiger charge is -2.21. The number of carbonyl (C=O) groups is 4. The van der Waals surface area contributed by atoms with E-state index in [1.165, 1.54) is 270 Å². The molecule has 0 aromatic heterocycles. The number of phosphoric acid groups is 2. The van der Waals surface area contributed by atoms with Crippen LogP contribution < -0.4 is 0 Å². The number of rotatable bonds is 83. The molecule has 0 aliphatic heterocycles. The largest absolute Gasteiger partial charge is 0.472 e. The zero-order valence-electron chi connectivity index (χ0n) is 66.8. The van der Waals surface area contributed by atoms with E-state index >= 15 is 0 Å². The standard InChI is InChI=1S/C83H162O17P2/c1-6-9-12-15-18-21-23-25-27-28-29-30-31-32-34-40-44-49-54-59-64-69-83(88)100-79(73-94-81(86)67-62-57-52-47-42-38-36-35-37-41-46-50-55-60-65-76(4)5)75-98-102(91,92)96-71-77(84)70-95-101(89,90)97-74-78(72-93-80(85)66-61-56-51-45-20-17-14-11-8-3)99-82(87)68-63-58-53-48-43-39-33-26-24-22-19-16-13-10-7-2/h76-79,84H,6-75H2,1-5H3,(H,89,90)(H,91,92)/t77-,78+,79+/m0/s1. The summed E-state index contributed by atoms with van der Waals surface area (Å²) in [7, 11) is -9.92. The number of carbonyl (C=O) groups excluding carboxylic acids is 4. The molecule has 0 saturated carbocycles. The van der Waals surface area contributed by atoms with E-state index in [9.17, 15) is 43.2 Å². The van der Waals surface area contributed by atoms with E-state index in [1.54, 1.807) is 0 Å². The lowest BCUT2D eigenvalue weighted by atomic mass is 10.0. The fourth-order valence-electron chi connectivity index (χ4n) is 12.9. The highest BCUT2D eigenvalue weighted by Gasteiger charge is 2.30. The van der Waals surface area contributed by atoms with Gasteiger partial charge in [0.2, 0.25) is 0 Å². The van der Waals surface area contributed by atoms with Crippen molar-refractivity contribution in [2.45, 2.75) is 464 Å². The zero-order valence-corrected chi connectivity index (χ0v) is 68.5. The molecule has 0 aromatic carbocycles. The second kappa shape index (κ2) is 75.9. The van der Waals surface area contributed by atoms with Gasteiger partial charge in [-0.25, -0.2) is 9.13 Å². The van der Waals surface area contributed by atoms with E-state index in [1.807, 2.05) is 0 Å². The summed E-state index contributed by atoms with van der Waals surface area (Å²) in [5.41, 5.74) is 0. The molecule has 19 heteroatoms. The van der Waals surface area contributed by atoms with Gasteiger partial charge in [-0.15, -0.1) is 0 Å². The quantitative estimate of drug-likeness (QED) is 0.0222. The van der Waals surface area contributed by atoms with Crippen molar-refractivity contribution in [1.29, 1.82) is 0 Å². The number of phosphoric ester groups is 2. The molecule has 3 N–H and O–H groups in total. The summed E-state index contributed by atoms with van der Waals surface area (Å²) in [6.07, 6.45) is 68.0. The van der Waals surface area contributed by atoms with Gasteiger partial charge < -0.3 is 33.8 Å². The van der Waals surface area contributed by atoms with Crippen LogP contribution in [0.5, 0.6) is 0 Å². The van der Waals surface area contributed by atoms with Crippen LogP contribution in [0.3, 0.4) is 0 Å². The summed E-state index contributed by atoms with van der Waals surface area (Å²) < 4.78 is 68.7. The van der Waals surface area contributed by atoms with Gasteiger partial charge >= 0.3 is 39.5 Å². The van der Waals surface area contributed by atoms with Crippen LogP contribution in [0.2, 0.25) is 0 Å². The molecule has 0 fully saturated rings. The molecule has 0 spiro atoms. The number of ether oxygens (including phenoxy) is 4. The predicted octanol–water partition coefficient (Wildman–Crippen LogP) is 25.2. The maximum Gasteiger partial charge on any atom is 0.472 e. The fraction of sp³-hybridized carbons (Fsp3) is 0.952. The van der Waals surface area contributed by atoms with E-state index in [-0.39, 0.29) is 25.7 Å². The average molecular weight is 1490 g/mol. The van der Waals surface area contributed by atoms with Gasteiger partial charge in [-0.2, -0.15) is 0 Å². The minimum Gasteiger partial charge on any atom is -0.462 e. The Morgan fingerprint density at radius 3 is 0.667 bits per heavy atom. The van der Waals surface area contributed by atoms with Gasteiger partial charge in [0.25, 0.3) is 0 Å². The molecule has 0 rings (SSSR count). The molecule has 0 aromatic rings. The zero-order chi connectivity index (χ0) is 74.8. The highest BCUT2D eigenvalue weighted by atomic mass is 31.2. The lowest BCUT2D eigenvalue weighted by molar-refractivity contribution is -0.161. The molecule has 0 radical (unpaired) electrons. The molecular weight excluding hydrogens is 1330 g/mol. The second-order valence-electron chi connectivity index (χ2n) is 30.3. The number of unbranched alkanes of at least 4 members (excludes halogenated alkanes) is 55. The second-order valence-corrected chi connectivity index (χ2v) is 33.3. The van der Waals surface area contributed by atoms with E-state index in [4.69, 9.17) is 37.0 Å². The molecule has 0 saturated heterocycles. The Labute approximate surface area is 626 Å². The molecule has 0 bridgehead atoms. The highest BCUT2D eigenvalue weighted by molar-refractivity contribution is 7.47. The van der Waals surface area contributed by atoms with Gasteiger partial charge in [0.1, 0.15) is 19.3 Å². The Bertz CT molecular complexity index is 1940. The van der Waals surface area contributed by atoms with Crippen molar-refractivity contribution in [2.75, 3.05) is 39.6 Å². The van der Waals surface area contributed by atoms with Crippen LogP contribution in [0, 0.1) is 5.92 Å². The SMILES string of the molecule is CCCCCCCCCCCCCCCCCCCCCCCC(=O)O[C@H](COC(=O)CCCCCCCCCCCCCCCCC(C)C)COP(=O)(O)OC[C@@H](O)COP(=O)(O)OC[C@@H](COC(=O)CCCCCCCCCCC)OC(=O)CCCCCCCCCCCCCCCCC. The lowest BCUT2D eigenvalue weighted by Crippen LogP contribution is -2.30. The summed E-state index contributed by atoms with van der Waals surface area (Å²) in [4.78, 5) is 73.0. The van der Waals surface area contributed by atoms with Gasteiger partial charge in [-0.1, -0.05) is 394 Å². The molecule has 606 valence electrons. The molecular formula is C83H162O17P2. The smallest absolute Gasteiger partial charge is 0.462 e. The molecule has 2 unspecified atom stereocenters. The molecule has 0 amide bonds. The number of hydrogen-bond donors (Lipinski definition) is 3. The van der Waals surface area contributed by atoms with Crippen LogP contribution in [-0.4, -0.2) is 96.7 Å². The predicted molar refractivity (Wildman–Crippen MR) is 418 cm³/mol. The molecule has 5 atom stereocenters. The molecule has 0 aliphatic rings. The van der Waals surface area contributed by atoms with Crippen molar-refractivity contribution in [3.63, 3.8) is 0 Å². The van der Waals surface area contributed by atoms with Crippen molar-refractivity contribution in [1.82, 2.24) is 0 Å². The number of aliphatic hydroxyl groups excluding tert-OH is 1.